The molecule has 0 saturated carbocycles. The van der Waals surface area contributed by atoms with Crippen molar-refractivity contribution < 1.29 is 5.11 Å². The summed E-state index contributed by atoms with van der Waals surface area (Å²) in [6, 6.07) is 3.80. The molecule has 0 unspecified atom stereocenters. The monoisotopic (exact) mass is 299 g/mol. The lowest BCUT2D eigenvalue weighted by molar-refractivity contribution is 0.169. The Kier molecular flexibility index (Phi) is 4.99. The number of aromatic nitrogens is 3. The molecule has 7 heteroatoms. The normalized spacial score (nSPS) is 12.6. The van der Waals surface area contributed by atoms with Crippen LogP contribution in [0.1, 0.15) is 25.1 Å². The van der Waals surface area contributed by atoms with Crippen molar-refractivity contribution in [2.45, 2.75) is 33.0 Å². The summed E-state index contributed by atoms with van der Waals surface area (Å²) < 4.78 is 1.87. The summed E-state index contributed by atoms with van der Waals surface area (Å²) in [7, 11) is 0. The quantitative estimate of drug-likeness (QED) is 0.855. The third kappa shape index (κ3) is 3.44. The molecule has 0 radical (unpaired) electrons. The van der Waals surface area contributed by atoms with Crippen LogP contribution >= 0.6 is 34.9 Å². The third-order valence-electron chi connectivity index (χ3n) is 2.26. The maximum absolute atomic E-state index is 9.65. The van der Waals surface area contributed by atoms with Gasteiger partial charge >= 0.3 is 0 Å². The largest absolute Gasteiger partial charge is 0.387 e. The number of aliphatic hydroxyl groups excluding tert-OH is 1. The van der Waals surface area contributed by atoms with Crippen molar-refractivity contribution in [3.8, 4) is 0 Å². The van der Waals surface area contributed by atoms with Gasteiger partial charge in [0.25, 0.3) is 0 Å². The molecule has 1 N–H and O–H groups in total. The molecule has 0 spiro atoms. The zero-order valence-electron chi connectivity index (χ0n) is 10.0. The lowest BCUT2D eigenvalue weighted by Gasteiger charge is -2.06. The second-order valence-corrected chi connectivity index (χ2v) is 6.83. The first-order valence-corrected chi connectivity index (χ1v) is 8.28. The molecule has 0 fully saturated rings. The fraction of sp³-hybridized carbons (Fsp3) is 0.364. The summed E-state index contributed by atoms with van der Waals surface area (Å²) in [5, 5.41) is 17.8. The third-order valence-corrected chi connectivity index (χ3v) is 5.18. The molecule has 0 saturated heterocycles. The molecule has 0 aliphatic rings. The van der Waals surface area contributed by atoms with E-state index >= 15 is 0 Å². The van der Waals surface area contributed by atoms with Crippen molar-refractivity contribution in [1.82, 2.24) is 15.2 Å². The molecule has 0 aliphatic heterocycles. The lowest BCUT2D eigenvalue weighted by Crippen LogP contribution is -1.97. The average molecular weight is 299 g/mol. The predicted molar refractivity (Wildman–Crippen MR) is 75.3 cm³/mol. The van der Waals surface area contributed by atoms with E-state index in [1.54, 1.807) is 29.3 Å². The fourth-order valence-electron chi connectivity index (χ4n) is 1.28. The van der Waals surface area contributed by atoms with Gasteiger partial charge in [-0.05, 0) is 24.8 Å². The first-order chi connectivity index (χ1) is 8.72. The van der Waals surface area contributed by atoms with Crippen molar-refractivity contribution >= 4 is 34.9 Å². The van der Waals surface area contributed by atoms with Gasteiger partial charge in [0.05, 0.1) is 11.8 Å². The average Bonchev–Trinajstić information content (AvgIpc) is 2.86. The summed E-state index contributed by atoms with van der Waals surface area (Å²) in [5.41, 5.74) is 0.712. The molecule has 2 heterocycles. The van der Waals surface area contributed by atoms with Crippen LogP contribution in [0.3, 0.4) is 0 Å². The molecule has 0 aliphatic carbocycles. The zero-order valence-corrected chi connectivity index (χ0v) is 12.5. The highest BCUT2D eigenvalue weighted by atomic mass is 32.2. The van der Waals surface area contributed by atoms with Crippen molar-refractivity contribution in [2.75, 3.05) is 6.26 Å². The number of aliphatic hydroxyl groups is 1. The maximum Gasteiger partial charge on any atom is 0.179 e. The molecule has 2 aromatic rings. The molecule has 1 atom stereocenters. The van der Waals surface area contributed by atoms with E-state index in [9.17, 15) is 5.11 Å². The van der Waals surface area contributed by atoms with E-state index in [1.165, 1.54) is 11.8 Å². The number of nitrogens with zero attached hydrogens (tertiary/aromatic N) is 3. The zero-order chi connectivity index (χ0) is 13.0. The summed E-state index contributed by atoms with van der Waals surface area (Å²) in [4.78, 5) is 5.26. The van der Waals surface area contributed by atoms with Gasteiger partial charge in [-0.1, -0.05) is 41.8 Å². The molecule has 0 aromatic carbocycles. The highest BCUT2D eigenvalue weighted by molar-refractivity contribution is 8.03. The minimum Gasteiger partial charge on any atom is -0.387 e. The molecule has 2 aromatic heterocycles. The van der Waals surface area contributed by atoms with Crippen LogP contribution < -0.4 is 0 Å². The standard InChI is InChI=1S/C11H13N3OS3/c1-3-9(15)8-5-4-7(6-12-8)17-11-14-13-10(16-2)18-11/h4-6,9,15H,3H2,1-2H3/t9-/m0/s1. The van der Waals surface area contributed by atoms with Crippen LogP contribution in [0.4, 0.5) is 0 Å². The van der Waals surface area contributed by atoms with Crippen LogP contribution in [0.15, 0.2) is 31.9 Å². The Labute approximate surface area is 118 Å². The molecule has 4 nitrogen and oxygen atoms in total. The first kappa shape index (κ1) is 13.8. The SMILES string of the molecule is CC[C@H](O)c1ccc(Sc2nnc(SC)s2)cn1. The smallest absolute Gasteiger partial charge is 0.179 e. The van der Waals surface area contributed by atoms with E-state index in [4.69, 9.17) is 0 Å². The van der Waals surface area contributed by atoms with Crippen LogP contribution in [-0.4, -0.2) is 26.5 Å². The molecule has 0 amide bonds. The van der Waals surface area contributed by atoms with Crippen molar-refractivity contribution in [2.24, 2.45) is 0 Å². The number of hydrogen-bond donors (Lipinski definition) is 1. The summed E-state index contributed by atoms with van der Waals surface area (Å²) in [6.07, 6.45) is 3.94. The van der Waals surface area contributed by atoms with Gasteiger partial charge in [-0.15, -0.1) is 10.2 Å². The topological polar surface area (TPSA) is 58.9 Å². The van der Waals surface area contributed by atoms with Crippen molar-refractivity contribution in [3.05, 3.63) is 24.0 Å². The van der Waals surface area contributed by atoms with Gasteiger partial charge < -0.3 is 5.11 Å². The van der Waals surface area contributed by atoms with Gasteiger partial charge in [0, 0.05) is 11.1 Å². The van der Waals surface area contributed by atoms with Gasteiger partial charge in [-0.2, -0.15) is 0 Å². The Morgan fingerprint density at radius 2 is 2.11 bits per heavy atom. The number of thioether (sulfide) groups is 1. The first-order valence-electron chi connectivity index (χ1n) is 5.42. The Bertz CT molecular complexity index is 500. The molecule has 18 heavy (non-hydrogen) atoms. The van der Waals surface area contributed by atoms with Crippen LogP contribution in [0, 0.1) is 0 Å². The Hall–Kier alpha value is -0.630. The molecule has 96 valence electrons. The van der Waals surface area contributed by atoms with E-state index in [-0.39, 0.29) is 0 Å². The van der Waals surface area contributed by atoms with Gasteiger partial charge in [-0.25, -0.2) is 0 Å². The van der Waals surface area contributed by atoms with Crippen LogP contribution in [0.5, 0.6) is 0 Å². The Morgan fingerprint density at radius 3 is 2.67 bits per heavy atom. The second kappa shape index (κ2) is 6.51. The van der Waals surface area contributed by atoms with Crippen LogP contribution in [0.2, 0.25) is 0 Å². The van der Waals surface area contributed by atoms with E-state index in [2.05, 4.69) is 15.2 Å². The summed E-state index contributed by atoms with van der Waals surface area (Å²) >= 11 is 4.70. The number of rotatable bonds is 5. The minimum atomic E-state index is -0.478. The van der Waals surface area contributed by atoms with Gasteiger partial charge in [0.2, 0.25) is 0 Å². The molecule has 0 bridgehead atoms. The highest BCUT2D eigenvalue weighted by Gasteiger charge is 2.08. The summed E-state index contributed by atoms with van der Waals surface area (Å²) in [5.74, 6) is 0. The van der Waals surface area contributed by atoms with E-state index in [1.807, 2.05) is 25.3 Å². The van der Waals surface area contributed by atoms with E-state index in [0.29, 0.717) is 12.1 Å². The minimum absolute atomic E-state index is 0.478. The van der Waals surface area contributed by atoms with Gasteiger partial charge in [0.1, 0.15) is 0 Å². The lowest BCUT2D eigenvalue weighted by atomic mass is 10.2. The Morgan fingerprint density at radius 1 is 1.33 bits per heavy atom. The summed E-state index contributed by atoms with van der Waals surface area (Å²) in [6.45, 7) is 1.93. The van der Waals surface area contributed by atoms with Crippen molar-refractivity contribution in [1.29, 1.82) is 0 Å². The number of pyridine rings is 1. The van der Waals surface area contributed by atoms with Gasteiger partial charge in [0.15, 0.2) is 8.68 Å². The second-order valence-electron chi connectivity index (χ2n) is 3.48. The van der Waals surface area contributed by atoms with E-state index in [0.717, 1.165) is 13.6 Å². The molecular formula is C11H13N3OS3. The van der Waals surface area contributed by atoms with Crippen LogP contribution in [-0.2, 0) is 0 Å². The molecular weight excluding hydrogens is 286 g/mol. The highest BCUT2D eigenvalue weighted by Crippen LogP contribution is 2.32. The van der Waals surface area contributed by atoms with E-state index < -0.39 is 6.10 Å². The van der Waals surface area contributed by atoms with Gasteiger partial charge in [-0.3, -0.25) is 4.98 Å². The molecule has 2 rings (SSSR count). The van der Waals surface area contributed by atoms with Crippen LogP contribution in [0.25, 0.3) is 0 Å². The van der Waals surface area contributed by atoms with Crippen molar-refractivity contribution in [3.63, 3.8) is 0 Å². The fourth-order valence-corrected chi connectivity index (χ4v) is 3.66. The maximum atomic E-state index is 9.65. The Balaban J connectivity index is 2.06. The number of hydrogen-bond acceptors (Lipinski definition) is 7. The predicted octanol–water partition coefficient (Wildman–Crippen LogP) is 3.25.